The fourth-order valence-electron chi connectivity index (χ4n) is 3.12. The highest BCUT2D eigenvalue weighted by molar-refractivity contribution is 5.84. The molecule has 0 radical (unpaired) electrons. The minimum atomic E-state index is -0.543. The Balaban J connectivity index is 2.15. The lowest BCUT2D eigenvalue weighted by Crippen LogP contribution is -2.47. The number of carbonyl (C=O) groups is 1. The fourth-order valence-corrected chi connectivity index (χ4v) is 3.12. The van der Waals surface area contributed by atoms with Crippen molar-refractivity contribution in [2.45, 2.75) is 53.7 Å². The Morgan fingerprint density at radius 1 is 1.32 bits per heavy atom. The van der Waals surface area contributed by atoms with Gasteiger partial charge in [-0.25, -0.2) is 4.99 Å². The summed E-state index contributed by atoms with van der Waals surface area (Å²) in [6.45, 7) is 12.1. The van der Waals surface area contributed by atoms with Gasteiger partial charge in [0.1, 0.15) is 17.6 Å². The maximum Gasteiger partial charge on any atom is 0.227 e. The summed E-state index contributed by atoms with van der Waals surface area (Å²) in [5, 5.41) is 9.19. The Morgan fingerprint density at radius 2 is 2.07 bits per heavy atom. The van der Waals surface area contributed by atoms with Gasteiger partial charge in [0.2, 0.25) is 5.91 Å². The number of rotatable bonds is 8. The van der Waals surface area contributed by atoms with E-state index in [1.54, 1.807) is 7.05 Å². The number of benzene rings is 1. The summed E-state index contributed by atoms with van der Waals surface area (Å²) < 4.78 is 11.7. The first-order valence-corrected chi connectivity index (χ1v) is 10.00. The van der Waals surface area contributed by atoms with E-state index in [1.807, 2.05) is 33.8 Å². The molecule has 1 atom stereocenters. The number of hydrogen-bond acceptors (Lipinski definition) is 4. The third kappa shape index (κ3) is 5.53. The number of guanidine groups is 1. The Kier molecular flexibility index (Phi) is 7.54. The molecule has 28 heavy (non-hydrogen) atoms. The van der Waals surface area contributed by atoms with Gasteiger partial charge in [0.25, 0.3) is 0 Å². The maximum atomic E-state index is 12.0. The fraction of sp³-hybridized carbons (Fsp3) is 0.619. The Morgan fingerprint density at radius 3 is 2.71 bits per heavy atom. The zero-order chi connectivity index (χ0) is 20.7. The lowest BCUT2D eigenvalue weighted by Gasteiger charge is -2.24. The molecule has 1 aromatic carbocycles. The van der Waals surface area contributed by atoms with Crippen molar-refractivity contribution in [2.75, 3.05) is 26.7 Å². The summed E-state index contributed by atoms with van der Waals surface area (Å²) in [5.74, 6) is 2.42. The molecule has 1 heterocycles. The number of amides is 1. The third-order valence-corrected chi connectivity index (χ3v) is 4.67. The Labute approximate surface area is 168 Å². The molecule has 1 unspecified atom stereocenters. The smallest absolute Gasteiger partial charge is 0.227 e. The normalized spacial score (nSPS) is 16.2. The van der Waals surface area contributed by atoms with Crippen LogP contribution in [0.2, 0.25) is 0 Å². The molecule has 7 heteroatoms. The molecule has 1 aliphatic heterocycles. The number of nitrogens with zero attached hydrogens (tertiary/aromatic N) is 1. The summed E-state index contributed by atoms with van der Waals surface area (Å²) in [4.78, 5) is 16.7. The van der Waals surface area contributed by atoms with Gasteiger partial charge in [-0.05, 0) is 46.8 Å². The zero-order valence-electron chi connectivity index (χ0n) is 17.9. The van der Waals surface area contributed by atoms with Crippen LogP contribution in [0.25, 0.3) is 0 Å². The van der Waals surface area contributed by atoms with E-state index in [-0.39, 0.29) is 12.0 Å². The number of hydrogen-bond donors (Lipinski definition) is 3. The van der Waals surface area contributed by atoms with Gasteiger partial charge in [0, 0.05) is 37.7 Å². The van der Waals surface area contributed by atoms with Crippen molar-refractivity contribution in [3.05, 3.63) is 23.3 Å². The third-order valence-electron chi connectivity index (χ3n) is 4.67. The summed E-state index contributed by atoms with van der Waals surface area (Å²) >= 11 is 0. The molecule has 1 aromatic rings. The van der Waals surface area contributed by atoms with E-state index in [0.29, 0.717) is 25.7 Å². The van der Waals surface area contributed by atoms with Crippen LogP contribution < -0.4 is 25.4 Å². The van der Waals surface area contributed by atoms with Gasteiger partial charge >= 0.3 is 0 Å². The van der Waals surface area contributed by atoms with Crippen molar-refractivity contribution in [3.8, 4) is 11.5 Å². The monoisotopic (exact) mass is 390 g/mol. The second-order valence-electron chi connectivity index (χ2n) is 7.64. The molecule has 2 rings (SSSR count). The zero-order valence-corrected chi connectivity index (χ0v) is 17.9. The van der Waals surface area contributed by atoms with E-state index in [4.69, 9.17) is 9.47 Å². The van der Waals surface area contributed by atoms with E-state index in [1.165, 1.54) is 5.56 Å². The van der Waals surface area contributed by atoms with Crippen LogP contribution >= 0.6 is 0 Å². The SMILES string of the molecule is CCNC(=NCc1cc2c(cc1OCC)CC(C)O2)NCC(C)(C)C(=O)NC. The second-order valence-corrected chi connectivity index (χ2v) is 7.64. The summed E-state index contributed by atoms with van der Waals surface area (Å²) in [6.07, 6.45) is 1.09. The predicted molar refractivity (Wildman–Crippen MR) is 112 cm³/mol. The molecule has 0 saturated heterocycles. The lowest BCUT2D eigenvalue weighted by molar-refractivity contribution is -0.128. The highest BCUT2D eigenvalue weighted by atomic mass is 16.5. The van der Waals surface area contributed by atoms with Gasteiger partial charge in [-0.3, -0.25) is 4.79 Å². The van der Waals surface area contributed by atoms with Crippen LogP contribution in [0.1, 0.15) is 45.7 Å². The van der Waals surface area contributed by atoms with Gasteiger partial charge in [0.15, 0.2) is 5.96 Å². The second kappa shape index (κ2) is 9.66. The van der Waals surface area contributed by atoms with Crippen LogP contribution in [0.3, 0.4) is 0 Å². The van der Waals surface area contributed by atoms with Crippen LogP contribution in [0.5, 0.6) is 11.5 Å². The molecule has 0 bridgehead atoms. The number of nitrogens with one attached hydrogen (secondary N) is 3. The molecule has 0 aromatic heterocycles. The predicted octanol–water partition coefficient (Wildman–Crippen LogP) is 2.24. The molecule has 3 N–H and O–H groups in total. The minimum absolute atomic E-state index is 0.0145. The number of aliphatic imine (C=N–C) groups is 1. The lowest BCUT2D eigenvalue weighted by atomic mass is 9.92. The molecule has 0 aliphatic carbocycles. The Hall–Kier alpha value is -2.44. The number of carbonyl (C=O) groups excluding carboxylic acids is 1. The molecular weight excluding hydrogens is 356 g/mol. The van der Waals surface area contributed by atoms with E-state index in [9.17, 15) is 4.79 Å². The van der Waals surface area contributed by atoms with Crippen molar-refractivity contribution in [1.82, 2.24) is 16.0 Å². The summed E-state index contributed by atoms with van der Waals surface area (Å²) in [6, 6.07) is 4.10. The van der Waals surface area contributed by atoms with Crippen LogP contribution in [-0.4, -0.2) is 44.7 Å². The maximum absolute atomic E-state index is 12.0. The van der Waals surface area contributed by atoms with E-state index in [0.717, 1.165) is 30.0 Å². The number of ether oxygens (including phenoxy) is 2. The Bertz CT molecular complexity index is 716. The van der Waals surface area contributed by atoms with Crippen molar-refractivity contribution < 1.29 is 14.3 Å². The first kappa shape index (κ1) is 21.9. The first-order chi connectivity index (χ1) is 13.3. The summed E-state index contributed by atoms with van der Waals surface area (Å²) in [5.41, 5.74) is 1.62. The largest absolute Gasteiger partial charge is 0.494 e. The molecule has 1 amide bonds. The van der Waals surface area contributed by atoms with Crippen LogP contribution in [0.15, 0.2) is 17.1 Å². The number of fused-ring (bicyclic) bond motifs is 1. The van der Waals surface area contributed by atoms with E-state index < -0.39 is 5.41 Å². The van der Waals surface area contributed by atoms with Gasteiger partial charge in [0.05, 0.1) is 18.6 Å². The van der Waals surface area contributed by atoms with Crippen LogP contribution in [0, 0.1) is 5.41 Å². The average molecular weight is 391 g/mol. The highest BCUT2D eigenvalue weighted by Crippen LogP contribution is 2.35. The molecule has 156 valence electrons. The highest BCUT2D eigenvalue weighted by Gasteiger charge is 2.26. The van der Waals surface area contributed by atoms with Gasteiger partial charge < -0.3 is 25.4 Å². The topological polar surface area (TPSA) is 84.0 Å². The standard InChI is InChI=1S/C21H34N4O3/c1-7-23-20(25-13-21(4,5)19(26)22-6)24-12-16-11-18-15(9-14(3)28-18)10-17(16)27-8-2/h10-11,14H,7-9,12-13H2,1-6H3,(H,22,26)(H2,23,24,25). The first-order valence-electron chi connectivity index (χ1n) is 10.00. The van der Waals surface area contributed by atoms with E-state index >= 15 is 0 Å². The van der Waals surface area contributed by atoms with Gasteiger partial charge in [-0.1, -0.05) is 0 Å². The van der Waals surface area contributed by atoms with Crippen LogP contribution in [0.4, 0.5) is 0 Å². The molecule has 1 aliphatic rings. The van der Waals surface area contributed by atoms with Crippen molar-refractivity contribution >= 4 is 11.9 Å². The molecule has 0 spiro atoms. The van der Waals surface area contributed by atoms with Crippen molar-refractivity contribution in [2.24, 2.45) is 10.4 Å². The molecule has 0 saturated carbocycles. The quantitative estimate of drug-likeness (QED) is 0.468. The molecule has 0 fully saturated rings. The average Bonchev–Trinajstić information content (AvgIpc) is 3.02. The minimum Gasteiger partial charge on any atom is -0.494 e. The molecular formula is C21H34N4O3. The molecule has 7 nitrogen and oxygen atoms in total. The van der Waals surface area contributed by atoms with Crippen molar-refractivity contribution in [3.63, 3.8) is 0 Å². The van der Waals surface area contributed by atoms with Crippen molar-refractivity contribution in [1.29, 1.82) is 0 Å². The van der Waals surface area contributed by atoms with Gasteiger partial charge in [-0.2, -0.15) is 0 Å². The summed E-state index contributed by atoms with van der Waals surface area (Å²) in [7, 11) is 1.65. The van der Waals surface area contributed by atoms with E-state index in [2.05, 4.69) is 33.9 Å². The van der Waals surface area contributed by atoms with Crippen LogP contribution in [-0.2, 0) is 17.8 Å². The van der Waals surface area contributed by atoms with Gasteiger partial charge in [-0.15, -0.1) is 0 Å².